The Bertz CT molecular complexity index is 434. The average Bonchev–Trinajstić information content (AvgIpc) is 2.29. The van der Waals surface area contributed by atoms with Gasteiger partial charge in [-0.05, 0) is 21.5 Å². The summed E-state index contributed by atoms with van der Waals surface area (Å²) in [7, 11) is 0. The summed E-state index contributed by atoms with van der Waals surface area (Å²) >= 11 is 3.29. The average molecular weight is 265 g/mol. The van der Waals surface area contributed by atoms with Crippen LogP contribution >= 0.6 is 15.9 Å². The highest BCUT2D eigenvalue weighted by Gasteiger charge is 2.01. The lowest BCUT2D eigenvalue weighted by Gasteiger charge is -2.06. The normalized spacial score (nSPS) is 9.93. The van der Waals surface area contributed by atoms with Crippen LogP contribution in [0.3, 0.4) is 0 Å². The van der Waals surface area contributed by atoms with Crippen LogP contribution in [0, 0.1) is 0 Å². The van der Waals surface area contributed by atoms with E-state index in [0.29, 0.717) is 17.0 Å². The number of halogens is 1. The zero-order valence-corrected chi connectivity index (χ0v) is 9.52. The second-order valence-electron chi connectivity index (χ2n) is 2.95. The molecule has 0 amide bonds. The van der Waals surface area contributed by atoms with E-state index in [0.717, 1.165) is 5.56 Å². The number of benzene rings is 1. The Labute approximate surface area is 96.3 Å². The van der Waals surface area contributed by atoms with Crippen molar-refractivity contribution in [2.75, 3.05) is 0 Å². The van der Waals surface area contributed by atoms with Gasteiger partial charge < -0.3 is 4.74 Å². The summed E-state index contributed by atoms with van der Waals surface area (Å²) in [5, 5.41) is 0. The molecule has 1 heterocycles. The van der Waals surface area contributed by atoms with Crippen LogP contribution in [0.2, 0.25) is 0 Å². The molecule has 0 aliphatic carbocycles. The first-order valence-corrected chi connectivity index (χ1v) is 5.28. The fourth-order valence-corrected chi connectivity index (χ4v) is 1.44. The van der Waals surface area contributed by atoms with Gasteiger partial charge in [0, 0.05) is 0 Å². The van der Waals surface area contributed by atoms with Gasteiger partial charge in [-0.1, -0.05) is 30.3 Å². The molecule has 0 saturated carbocycles. The maximum Gasteiger partial charge on any atom is 0.170 e. The van der Waals surface area contributed by atoms with Crippen molar-refractivity contribution in [3.8, 4) is 5.75 Å². The molecule has 15 heavy (non-hydrogen) atoms. The minimum atomic E-state index is 0.521. The van der Waals surface area contributed by atoms with Crippen molar-refractivity contribution in [3.05, 3.63) is 53.0 Å². The van der Waals surface area contributed by atoms with E-state index >= 15 is 0 Å². The fraction of sp³-hybridized carbons (Fsp3) is 0.0909. The summed E-state index contributed by atoms with van der Waals surface area (Å²) in [6.45, 7) is 0.521. The van der Waals surface area contributed by atoms with E-state index in [9.17, 15) is 0 Å². The molecule has 0 aliphatic rings. The number of aromatic nitrogens is 2. The highest BCUT2D eigenvalue weighted by Crippen LogP contribution is 2.20. The van der Waals surface area contributed by atoms with Crippen LogP contribution in [0.15, 0.2) is 47.5 Å². The number of hydrogen-bond donors (Lipinski definition) is 0. The minimum absolute atomic E-state index is 0.521. The van der Waals surface area contributed by atoms with Gasteiger partial charge in [0.05, 0.1) is 6.20 Å². The molecule has 0 N–H and O–H groups in total. The first-order valence-electron chi connectivity index (χ1n) is 4.48. The Kier molecular flexibility index (Phi) is 3.29. The molecule has 3 nitrogen and oxygen atoms in total. The van der Waals surface area contributed by atoms with Gasteiger partial charge in [-0.15, -0.1) is 0 Å². The number of hydrogen-bond acceptors (Lipinski definition) is 3. The van der Waals surface area contributed by atoms with Crippen molar-refractivity contribution in [1.82, 2.24) is 9.97 Å². The van der Waals surface area contributed by atoms with Crippen molar-refractivity contribution in [2.24, 2.45) is 0 Å². The van der Waals surface area contributed by atoms with E-state index in [-0.39, 0.29) is 0 Å². The summed E-state index contributed by atoms with van der Waals surface area (Å²) < 4.78 is 6.23. The van der Waals surface area contributed by atoms with Gasteiger partial charge in [0.1, 0.15) is 12.9 Å². The Morgan fingerprint density at radius 1 is 1.20 bits per heavy atom. The molecule has 0 radical (unpaired) electrons. The third-order valence-electron chi connectivity index (χ3n) is 1.87. The maximum absolute atomic E-state index is 5.55. The van der Waals surface area contributed by atoms with Gasteiger partial charge in [-0.3, -0.25) is 0 Å². The quantitative estimate of drug-likeness (QED) is 0.800. The third kappa shape index (κ3) is 2.76. The molecule has 0 bridgehead atoms. The molecular formula is C11H9BrN2O. The molecule has 2 aromatic rings. The molecule has 0 unspecified atom stereocenters. The van der Waals surface area contributed by atoms with Gasteiger partial charge >= 0.3 is 0 Å². The summed E-state index contributed by atoms with van der Waals surface area (Å²) in [6.07, 6.45) is 3.11. The van der Waals surface area contributed by atoms with Crippen LogP contribution < -0.4 is 4.74 Å². The minimum Gasteiger partial charge on any atom is -0.484 e. The third-order valence-corrected chi connectivity index (χ3v) is 2.47. The first-order chi connectivity index (χ1) is 7.36. The van der Waals surface area contributed by atoms with E-state index in [2.05, 4.69) is 25.9 Å². The van der Waals surface area contributed by atoms with Crippen LogP contribution in [-0.2, 0) is 6.61 Å². The summed E-state index contributed by atoms with van der Waals surface area (Å²) in [5.41, 5.74) is 1.12. The molecule has 0 fully saturated rings. The van der Waals surface area contributed by atoms with Crippen LogP contribution in [-0.4, -0.2) is 9.97 Å². The molecule has 2 rings (SSSR count). The van der Waals surface area contributed by atoms with E-state index in [1.165, 1.54) is 6.33 Å². The molecule has 0 atom stereocenters. The standard InChI is InChI=1S/C11H9BrN2O/c12-11-10(6-13-8-14-11)15-7-9-4-2-1-3-5-9/h1-6,8H,7H2. The van der Waals surface area contributed by atoms with Crippen molar-refractivity contribution in [2.45, 2.75) is 6.61 Å². The number of ether oxygens (including phenoxy) is 1. The van der Waals surface area contributed by atoms with Gasteiger partial charge in [-0.25, -0.2) is 9.97 Å². The van der Waals surface area contributed by atoms with Gasteiger partial charge in [0.2, 0.25) is 0 Å². The zero-order chi connectivity index (χ0) is 10.5. The largest absolute Gasteiger partial charge is 0.484 e. The van der Waals surface area contributed by atoms with E-state index in [4.69, 9.17) is 4.74 Å². The number of nitrogens with zero attached hydrogens (tertiary/aromatic N) is 2. The van der Waals surface area contributed by atoms with Crippen LogP contribution in [0.25, 0.3) is 0 Å². The fourth-order valence-electron chi connectivity index (χ4n) is 1.13. The molecular weight excluding hydrogens is 256 g/mol. The predicted octanol–water partition coefficient (Wildman–Crippen LogP) is 2.82. The van der Waals surface area contributed by atoms with Gasteiger partial charge in [0.25, 0.3) is 0 Å². The van der Waals surface area contributed by atoms with Crippen molar-refractivity contribution in [1.29, 1.82) is 0 Å². The Morgan fingerprint density at radius 3 is 2.73 bits per heavy atom. The molecule has 1 aromatic carbocycles. The van der Waals surface area contributed by atoms with Crippen LogP contribution in [0.4, 0.5) is 0 Å². The van der Waals surface area contributed by atoms with E-state index < -0.39 is 0 Å². The monoisotopic (exact) mass is 264 g/mol. The molecule has 1 aromatic heterocycles. The summed E-state index contributed by atoms with van der Waals surface area (Å²) in [6, 6.07) is 9.96. The second-order valence-corrected chi connectivity index (χ2v) is 3.70. The first kappa shape index (κ1) is 10.1. The predicted molar refractivity (Wildman–Crippen MR) is 60.5 cm³/mol. The zero-order valence-electron chi connectivity index (χ0n) is 7.93. The van der Waals surface area contributed by atoms with Crippen molar-refractivity contribution >= 4 is 15.9 Å². The summed E-state index contributed by atoms with van der Waals surface area (Å²) in [5.74, 6) is 0.654. The molecule has 0 saturated heterocycles. The maximum atomic E-state index is 5.55. The van der Waals surface area contributed by atoms with Crippen molar-refractivity contribution < 1.29 is 4.74 Å². The lowest BCUT2D eigenvalue weighted by atomic mass is 10.2. The van der Waals surface area contributed by atoms with Gasteiger partial charge in [-0.2, -0.15) is 0 Å². The SMILES string of the molecule is Brc1ncncc1OCc1ccccc1. The van der Waals surface area contributed by atoms with E-state index in [1.807, 2.05) is 30.3 Å². The number of rotatable bonds is 3. The van der Waals surface area contributed by atoms with Crippen LogP contribution in [0.5, 0.6) is 5.75 Å². The molecule has 0 spiro atoms. The lowest BCUT2D eigenvalue weighted by molar-refractivity contribution is 0.301. The molecule has 76 valence electrons. The smallest absolute Gasteiger partial charge is 0.170 e. The Hall–Kier alpha value is -1.42. The molecule has 0 aliphatic heterocycles. The van der Waals surface area contributed by atoms with Gasteiger partial charge in [0.15, 0.2) is 10.4 Å². The van der Waals surface area contributed by atoms with Crippen LogP contribution in [0.1, 0.15) is 5.56 Å². The highest BCUT2D eigenvalue weighted by molar-refractivity contribution is 9.10. The van der Waals surface area contributed by atoms with Crippen molar-refractivity contribution in [3.63, 3.8) is 0 Å². The topological polar surface area (TPSA) is 35.0 Å². The summed E-state index contributed by atoms with van der Waals surface area (Å²) in [4.78, 5) is 7.86. The Morgan fingerprint density at radius 2 is 2.00 bits per heavy atom. The lowest BCUT2D eigenvalue weighted by Crippen LogP contribution is -1.96. The molecule has 4 heteroatoms. The Balaban J connectivity index is 2.03. The second kappa shape index (κ2) is 4.89. The highest BCUT2D eigenvalue weighted by atomic mass is 79.9. The van der Waals surface area contributed by atoms with E-state index in [1.54, 1.807) is 6.20 Å².